The van der Waals surface area contributed by atoms with Gasteiger partial charge < -0.3 is 4.90 Å². The van der Waals surface area contributed by atoms with E-state index >= 15 is 0 Å². The summed E-state index contributed by atoms with van der Waals surface area (Å²) in [7, 11) is 0. The molecule has 0 spiro atoms. The quantitative estimate of drug-likeness (QED) is 0.688. The maximum absolute atomic E-state index is 2.60. The minimum absolute atomic E-state index is 0. The molecule has 0 atom stereocenters. The number of rotatable bonds is 1. The summed E-state index contributed by atoms with van der Waals surface area (Å²) in [5, 5.41) is 0. The molecule has 0 amide bonds. The molecule has 3 heterocycles. The molecule has 0 radical (unpaired) electrons. The van der Waals surface area contributed by atoms with Crippen molar-refractivity contribution in [2.75, 3.05) is 25.9 Å². The lowest BCUT2D eigenvalue weighted by atomic mass is 9.87. The molecular weight excluding hydrogens is 222 g/mol. The lowest BCUT2D eigenvalue weighted by Crippen LogP contribution is -2.50. The van der Waals surface area contributed by atoms with Crippen LogP contribution < -0.4 is 0 Å². The number of piperidine rings is 3. The average molecular weight is 238 g/mol. The Morgan fingerprint density at radius 2 is 1.55 bits per heavy atom. The van der Waals surface area contributed by atoms with Gasteiger partial charge in [-0.05, 0) is 45.2 Å². The Morgan fingerprint density at radius 3 is 1.82 bits per heavy atom. The molecule has 3 rings (SSSR count). The van der Waals surface area contributed by atoms with E-state index in [1.165, 1.54) is 38.9 Å². The van der Waals surface area contributed by atoms with Crippen molar-refractivity contribution >= 4 is 28.7 Å². The van der Waals surface area contributed by atoms with Crippen LogP contribution in [-0.4, -0.2) is 35.5 Å². The number of hydrogen-bond acceptors (Lipinski definition) is 2. The topological polar surface area (TPSA) is 3.24 Å². The lowest BCUT2D eigenvalue weighted by molar-refractivity contribution is 0.131. The van der Waals surface area contributed by atoms with E-state index in [2.05, 4.69) is 22.9 Å². The van der Waals surface area contributed by atoms with Crippen molar-refractivity contribution in [2.45, 2.75) is 24.0 Å². The fourth-order valence-electron chi connectivity index (χ4n) is 2.10. The van der Waals surface area contributed by atoms with E-state index in [1.807, 2.05) is 0 Å². The summed E-state index contributed by atoms with van der Waals surface area (Å²) in [6.07, 6.45) is 6.59. The molecule has 2 bridgehead atoms. The summed E-state index contributed by atoms with van der Waals surface area (Å²) in [5.74, 6) is 0. The van der Waals surface area contributed by atoms with Gasteiger partial charge in [-0.2, -0.15) is 11.8 Å². The zero-order chi connectivity index (χ0) is 7.03. The van der Waals surface area contributed by atoms with Gasteiger partial charge in [-0.1, -0.05) is 0 Å². The van der Waals surface area contributed by atoms with Gasteiger partial charge in [0.2, 0.25) is 0 Å². The number of nitrogens with zero attached hydrogens (tertiary/aromatic N) is 1. The average Bonchev–Trinajstić information content (AvgIpc) is 2.08. The minimum atomic E-state index is 0. The fourth-order valence-corrected chi connectivity index (χ4v) is 2.99. The summed E-state index contributed by atoms with van der Waals surface area (Å²) < 4.78 is 0.703. The second-order valence-electron chi connectivity index (χ2n) is 3.48. The zero-order valence-electron chi connectivity index (χ0n) is 7.01. The van der Waals surface area contributed by atoms with Gasteiger partial charge in [0.05, 0.1) is 0 Å². The molecule has 3 saturated heterocycles. The molecule has 0 unspecified atom stereocenters. The van der Waals surface area contributed by atoms with E-state index in [1.54, 1.807) is 0 Å². The highest BCUT2D eigenvalue weighted by molar-refractivity contribution is 8.93. The fraction of sp³-hybridized carbons (Fsp3) is 1.00. The molecule has 3 fully saturated rings. The van der Waals surface area contributed by atoms with Crippen LogP contribution in [0.1, 0.15) is 19.3 Å². The minimum Gasteiger partial charge on any atom is -0.303 e. The largest absolute Gasteiger partial charge is 0.303 e. The first-order valence-electron chi connectivity index (χ1n) is 4.12. The van der Waals surface area contributed by atoms with Gasteiger partial charge in [0.1, 0.15) is 0 Å². The molecule has 0 aliphatic carbocycles. The Kier molecular flexibility index (Phi) is 3.29. The van der Waals surface area contributed by atoms with Crippen molar-refractivity contribution in [1.29, 1.82) is 0 Å². The van der Waals surface area contributed by atoms with Crippen LogP contribution in [0.3, 0.4) is 0 Å². The molecule has 3 aliphatic rings. The third kappa shape index (κ3) is 1.76. The van der Waals surface area contributed by atoms with Crippen LogP contribution in [0.5, 0.6) is 0 Å². The van der Waals surface area contributed by atoms with Crippen LogP contribution in [0.4, 0.5) is 0 Å². The summed E-state index contributed by atoms with van der Waals surface area (Å²) in [6.45, 7) is 4.09. The maximum atomic E-state index is 2.60. The molecule has 66 valence electrons. The molecule has 0 aromatic rings. The number of halogens is 1. The third-order valence-electron chi connectivity index (χ3n) is 3.08. The predicted molar refractivity (Wildman–Crippen MR) is 56.9 cm³/mol. The Morgan fingerprint density at radius 1 is 1.09 bits per heavy atom. The Bertz CT molecular complexity index is 118. The number of thioether (sulfide) groups is 1. The van der Waals surface area contributed by atoms with Crippen molar-refractivity contribution in [3.63, 3.8) is 0 Å². The highest BCUT2D eigenvalue weighted by atomic mass is 79.9. The third-order valence-corrected chi connectivity index (χ3v) is 4.56. The van der Waals surface area contributed by atoms with Crippen molar-refractivity contribution in [1.82, 2.24) is 4.90 Å². The van der Waals surface area contributed by atoms with E-state index in [9.17, 15) is 0 Å². The second-order valence-corrected chi connectivity index (χ2v) is 4.75. The van der Waals surface area contributed by atoms with E-state index in [4.69, 9.17) is 0 Å². The first-order valence-corrected chi connectivity index (χ1v) is 5.35. The van der Waals surface area contributed by atoms with E-state index in [0.29, 0.717) is 4.75 Å². The van der Waals surface area contributed by atoms with Crippen molar-refractivity contribution < 1.29 is 0 Å². The van der Waals surface area contributed by atoms with Gasteiger partial charge >= 0.3 is 0 Å². The lowest BCUT2D eigenvalue weighted by Gasteiger charge is -2.47. The van der Waals surface area contributed by atoms with E-state index < -0.39 is 0 Å². The van der Waals surface area contributed by atoms with Gasteiger partial charge in [-0.25, -0.2) is 0 Å². The SMILES string of the molecule is Br.CSC12CCN(CC1)CC2. The van der Waals surface area contributed by atoms with Crippen LogP contribution in [0.15, 0.2) is 0 Å². The standard InChI is InChI=1S/C8H15NS.BrH/c1-10-8-2-5-9(6-3-8)7-4-8;/h2-7H2,1H3;1H. The molecule has 0 saturated carbocycles. The molecule has 0 aromatic carbocycles. The Balaban J connectivity index is 0.000000605. The molecular formula is C8H16BrNS. The van der Waals surface area contributed by atoms with Crippen LogP contribution in [-0.2, 0) is 0 Å². The Hall–Kier alpha value is 0.790. The van der Waals surface area contributed by atoms with Gasteiger partial charge in [0.25, 0.3) is 0 Å². The van der Waals surface area contributed by atoms with Crippen LogP contribution in [0.25, 0.3) is 0 Å². The van der Waals surface area contributed by atoms with Crippen molar-refractivity contribution in [3.05, 3.63) is 0 Å². The van der Waals surface area contributed by atoms with E-state index in [0.717, 1.165) is 0 Å². The van der Waals surface area contributed by atoms with Gasteiger partial charge in [0, 0.05) is 4.75 Å². The monoisotopic (exact) mass is 237 g/mol. The summed E-state index contributed by atoms with van der Waals surface area (Å²) in [6, 6.07) is 0. The molecule has 0 aromatic heterocycles. The normalized spacial score (nSPS) is 41.7. The molecule has 3 heteroatoms. The Labute approximate surface area is 83.7 Å². The summed E-state index contributed by atoms with van der Waals surface area (Å²) >= 11 is 2.10. The van der Waals surface area contributed by atoms with Crippen LogP contribution >= 0.6 is 28.7 Å². The van der Waals surface area contributed by atoms with E-state index in [-0.39, 0.29) is 17.0 Å². The van der Waals surface area contributed by atoms with Crippen molar-refractivity contribution in [3.8, 4) is 0 Å². The molecule has 1 nitrogen and oxygen atoms in total. The summed E-state index contributed by atoms with van der Waals surface area (Å²) in [4.78, 5) is 2.60. The first-order chi connectivity index (χ1) is 4.85. The molecule has 0 N–H and O–H groups in total. The van der Waals surface area contributed by atoms with Gasteiger partial charge in [0.15, 0.2) is 0 Å². The molecule has 3 aliphatic heterocycles. The van der Waals surface area contributed by atoms with Gasteiger partial charge in [-0.3, -0.25) is 0 Å². The molecule has 11 heavy (non-hydrogen) atoms. The van der Waals surface area contributed by atoms with Crippen LogP contribution in [0.2, 0.25) is 0 Å². The van der Waals surface area contributed by atoms with Crippen LogP contribution in [0, 0.1) is 0 Å². The highest BCUT2D eigenvalue weighted by Crippen LogP contribution is 2.41. The first kappa shape index (κ1) is 9.87. The maximum Gasteiger partial charge on any atom is 0.0193 e. The number of hydrogen-bond donors (Lipinski definition) is 0. The highest BCUT2D eigenvalue weighted by Gasteiger charge is 2.38. The van der Waals surface area contributed by atoms with Gasteiger partial charge in [-0.15, -0.1) is 17.0 Å². The number of fused-ring (bicyclic) bond motifs is 3. The second kappa shape index (κ2) is 3.67. The van der Waals surface area contributed by atoms with Crippen molar-refractivity contribution in [2.24, 2.45) is 0 Å². The zero-order valence-corrected chi connectivity index (χ0v) is 9.54. The summed E-state index contributed by atoms with van der Waals surface area (Å²) in [5.41, 5.74) is 0. The predicted octanol–water partition coefficient (Wildman–Crippen LogP) is 2.17. The smallest absolute Gasteiger partial charge is 0.0193 e.